The van der Waals surface area contributed by atoms with E-state index in [0.29, 0.717) is 19.4 Å². The third kappa shape index (κ3) is 3.75. The fourth-order valence-electron chi connectivity index (χ4n) is 3.10. The molecular formula is C18H23N3O3. The van der Waals surface area contributed by atoms with E-state index in [0.717, 1.165) is 42.8 Å². The molecule has 24 heavy (non-hydrogen) atoms. The Morgan fingerprint density at radius 2 is 2.04 bits per heavy atom. The first-order chi connectivity index (χ1) is 11.6. The number of rotatable bonds is 5. The number of carbonyl (C=O) groups excluding carboxylic acids is 2. The first kappa shape index (κ1) is 16.5. The van der Waals surface area contributed by atoms with Gasteiger partial charge in [0.15, 0.2) is 0 Å². The molecule has 128 valence electrons. The van der Waals surface area contributed by atoms with E-state index in [1.807, 2.05) is 36.1 Å². The number of nitrogens with one attached hydrogen (secondary N) is 1. The SMILES string of the molecule is Cc1ccccc1C1=NOC(C(=O)NCCC(=O)N2CCCC2)C1. The van der Waals surface area contributed by atoms with Crippen LogP contribution in [0.1, 0.15) is 36.8 Å². The summed E-state index contributed by atoms with van der Waals surface area (Å²) in [5.41, 5.74) is 2.91. The standard InChI is InChI=1S/C18H23N3O3/c1-13-6-2-3-7-14(13)15-12-16(24-20-15)18(23)19-9-8-17(22)21-10-4-5-11-21/h2-3,6-7,16H,4-5,8-12H2,1H3,(H,19,23). The molecule has 0 bridgehead atoms. The van der Waals surface area contributed by atoms with Crippen LogP contribution >= 0.6 is 0 Å². The molecule has 2 aliphatic rings. The van der Waals surface area contributed by atoms with Crippen LogP contribution in [-0.2, 0) is 14.4 Å². The number of likely N-dealkylation sites (tertiary alicyclic amines) is 1. The second kappa shape index (κ2) is 7.47. The monoisotopic (exact) mass is 329 g/mol. The van der Waals surface area contributed by atoms with Gasteiger partial charge in [0.1, 0.15) is 0 Å². The molecule has 2 amide bonds. The Bertz CT molecular complexity index is 651. The van der Waals surface area contributed by atoms with Crippen molar-refractivity contribution in [1.29, 1.82) is 0 Å². The summed E-state index contributed by atoms with van der Waals surface area (Å²) >= 11 is 0. The van der Waals surface area contributed by atoms with Crippen LogP contribution in [0.3, 0.4) is 0 Å². The Morgan fingerprint density at radius 3 is 2.79 bits per heavy atom. The second-order valence-electron chi connectivity index (χ2n) is 6.28. The van der Waals surface area contributed by atoms with Gasteiger partial charge in [0.2, 0.25) is 12.0 Å². The lowest BCUT2D eigenvalue weighted by atomic mass is 10.0. The molecule has 3 rings (SSSR count). The minimum atomic E-state index is -0.610. The van der Waals surface area contributed by atoms with E-state index in [1.165, 1.54) is 0 Å². The summed E-state index contributed by atoms with van der Waals surface area (Å²) in [5, 5.41) is 6.84. The Balaban J connectivity index is 1.44. The van der Waals surface area contributed by atoms with Crippen molar-refractivity contribution < 1.29 is 14.4 Å². The summed E-state index contributed by atoms with van der Waals surface area (Å²) < 4.78 is 0. The third-order valence-electron chi connectivity index (χ3n) is 4.51. The third-order valence-corrected chi connectivity index (χ3v) is 4.51. The predicted octanol–water partition coefficient (Wildman–Crippen LogP) is 1.62. The van der Waals surface area contributed by atoms with Crippen LogP contribution in [0.2, 0.25) is 0 Å². The van der Waals surface area contributed by atoms with Gasteiger partial charge in [-0.1, -0.05) is 29.4 Å². The largest absolute Gasteiger partial charge is 0.382 e. The van der Waals surface area contributed by atoms with Crippen LogP contribution in [-0.4, -0.2) is 48.2 Å². The lowest BCUT2D eigenvalue weighted by molar-refractivity contribution is -0.132. The fourth-order valence-corrected chi connectivity index (χ4v) is 3.10. The molecule has 0 aliphatic carbocycles. The maximum absolute atomic E-state index is 12.2. The van der Waals surface area contributed by atoms with E-state index in [2.05, 4.69) is 10.5 Å². The summed E-state index contributed by atoms with van der Waals surface area (Å²) in [7, 11) is 0. The number of hydrogen-bond acceptors (Lipinski definition) is 4. The van der Waals surface area contributed by atoms with E-state index in [9.17, 15) is 9.59 Å². The van der Waals surface area contributed by atoms with Crippen LogP contribution in [0.5, 0.6) is 0 Å². The van der Waals surface area contributed by atoms with Crippen LogP contribution in [0.4, 0.5) is 0 Å². The summed E-state index contributed by atoms with van der Waals surface area (Å²) in [5.74, 6) is -0.103. The molecular weight excluding hydrogens is 306 g/mol. The zero-order chi connectivity index (χ0) is 16.9. The Morgan fingerprint density at radius 1 is 1.29 bits per heavy atom. The van der Waals surface area contributed by atoms with Crippen molar-refractivity contribution in [2.45, 2.75) is 38.7 Å². The first-order valence-corrected chi connectivity index (χ1v) is 8.49. The van der Waals surface area contributed by atoms with Crippen molar-refractivity contribution in [2.75, 3.05) is 19.6 Å². The average molecular weight is 329 g/mol. The molecule has 1 fully saturated rings. The van der Waals surface area contributed by atoms with Gasteiger partial charge >= 0.3 is 0 Å². The molecule has 0 saturated carbocycles. The normalized spacial score (nSPS) is 19.8. The molecule has 6 heteroatoms. The molecule has 2 heterocycles. The topological polar surface area (TPSA) is 71.0 Å². The van der Waals surface area contributed by atoms with E-state index < -0.39 is 6.10 Å². The smallest absolute Gasteiger partial charge is 0.264 e. The lowest BCUT2D eigenvalue weighted by Gasteiger charge is -2.15. The minimum Gasteiger partial charge on any atom is -0.382 e. The highest BCUT2D eigenvalue weighted by molar-refractivity contribution is 6.05. The molecule has 1 aromatic carbocycles. The Labute approximate surface area is 141 Å². The van der Waals surface area contributed by atoms with E-state index >= 15 is 0 Å². The van der Waals surface area contributed by atoms with Crippen molar-refractivity contribution >= 4 is 17.5 Å². The van der Waals surface area contributed by atoms with Gasteiger partial charge in [-0.05, 0) is 25.3 Å². The number of carbonyl (C=O) groups is 2. The van der Waals surface area contributed by atoms with E-state index in [1.54, 1.807) is 0 Å². The molecule has 0 aromatic heterocycles. The van der Waals surface area contributed by atoms with Gasteiger partial charge < -0.3 is 15.1 Å². The quantitative estimate of drug-likeness (QED) is 0.892. The maximum Gasteiger partial charge on any atom is 0.264 e. The van der Waals surface area contributed by atoms with Crippen LogP contribution in [0.25, 0.3) is 0 Å². The minimum absolute atomic E-state index is 0.108. The molecule has 2 aliphatic heterocycles. The van der Waals surface area contributed by atoms with Gasteiger partial charge in [-0.15, -0.1) is 0 Å². The highest BCUT2D eigenvalue weighted by Gasteiger charge is 2.29. The van der Waals surface area contributed by atoms with Gasteiger partial charge in [0.25, 0.3) is 5.91 Å². The number of nitrogens with zero attached hydrogens (tertiary/aromatic N) is 2. The number of amides is 2. The van der Waals surface area contributed by atoms with E-state index in [-0.39, 0.29) is 11.8 Å². The van der Waals surface area contributed by atoms with Gasteiger partial charge in [-0.3, -0.25) is 9.59 Å². The summed E-state index contributed by atoms with van der Waals surface area (Å²) in [4.78, 5) is 31.3. The molecule has 6 nitrogen and oxygen atoms in total. The number of hydrogen-bond donors (Lipinski definition) is 1. The van der Waals surface area contributed by atoms with Crippen LogP contribution < -0.4 is 5.32 Å². The molecule has 1 aromatic rings. The molecule has 1 N–H and O–H groups in total. The zero-order valence-electron chi connectivity index (χ0n) is 14.0. The highest BCUT2D eigenvalue weighted by atomic mass is 16.6. The summed E-state index contributed by atoms with van der Waals surface area (Å²) in [6, 6.07) is 7.90. The van der Waals surface area contributed by atoms with Gasteiger partial charge in [-0.25, -0.2) is 0 Å². The highest BCUT2D eigenvalue weighted by Crippen LogP contribution is 2.19. The van der Waals surface area contributed by atoms with Gasteiger partial charge in [0.05, 0.1) is 5.71 Å². The Hall–Kier alpha value is -2.37. The van der Waals surface area contributed by atoms with Crippen LogP contribution in [0, 0.1) is 6.92 Å². The summed E-state index contributed by atoms with van der Waals surface area (Å²) in [6.07, 6.45) is 2.34. The van der Waals surface area contributed by atoms with Crippen molar-refractivity contribution in [2.24, 2.45) is 5.16 Å². The van der Waals surface area contributed by atoms with Crippen molar-refractivity contribution in [3.05, 3.63) is 35.4 Å². The second-order valence-corrected chi connectivity index (χ2v) is 6.28. The number of aryl methyl sites for hydroxylation is 1. The first-order valence-electron chi connectivity index (χ1n) is 8.49. The average Bonchev–Trinajstić information content (AvgIpc) is 3.27. The van der Waals surface area contributed by atoms with Crippen molar-refractivity contribution in [1.82, 2.24) is 10.2 Å². The fraction of sp³-hybridized carbons (Fsp3) is 0.500. The molecule has 1 saturated heterocycles. The molecule has 1 unspecified atom stereocenters. The predicted molar refractivity (Wildman–Crippen MR) is 90.6 cm³/mol. The summed E-state index contributed by atoms with van der Waals surface area (Å²) in [6.45, 7) is 4.03. The van der Waals surface area contributed by atoms with Crippen molar-refractivity contribution in [3.63, 3.8) is 0 Å². The molecule has 1 atom stereocenters. The van der Waals surface area contributed by atoms with Gasteiger partial charge in [-0.2, -0.15) is 0 Å². The molecule has 0 spiro atoms. The van der Waals surface area contributed by atoms with Crippen molar-refractivity contribution in [3.8, 4) is 0 Å². The zero-order valence-corrected chi connectivity index (χ0v) is 14.0. The number of benzene rings is 1. The van der Waals surface area contributed by atoms with E-state index in [4.69, 9.17) is 4.84 Å². The Kier molecular flexibility index (Phi) is 5.13. The molecule has 0 radical (unpaired) electrons. The lowest BCUT2D eigenvalue weighted by Crippen LogP contribution is -2.37. The maximum atomic E-state index is 12.2. The van der Waals surface area contributed by atoms with Crippen LogP contribution in [0.15, 0.2) is 29.4 Å². The number of oxime groups is 1. The van der Waals surface area contributed by atoms with Gasteiger partial charge in [0, 0.05) is 38.0 Å².